The third kappa shape index (κ3) is 4.42. The molecule has 0 aliphatic heterocycles. The number of benzene rings is 1. The molecule has 0 atom stereocenters. The maximum atomic E-state index is 11.4. The van der Waals surface area contributed by atoms with Gasteiger partial charge in [0.2, 0.25) is 5.91 Å². The molecule has 0 heterocycles. The predicted molar refractivity (Wildman–Crippen MR) is 64.1 cm³/mol. The Morgan fingerprint density at radius 2 is 2.12 bits per heavy atom. The topological polar surface area (TPSA) is 79.5 Å². The molecule has 0 saturated carbocycles. The predicted octanol–water partition coefficient (Wildman–Crippen LogP) is 0.563. The largest absolute Gasteiger partial charge is 0.497 e. The van der Waals surface area contributed by atoms with E-state index in [1.165, 1.54) is 7.05 Å². The average Bonchev–Trinajstić information content (AvgIpc) is 2.36. The number of nitrogens with one attached hydrogen (secondary N) is 3. The molecular weight excluding hydrogens is 222 g/mol. The lowest BCUT2D eigenvalue weighted by atomic mass is 10.3. The third-order valence-electron chi connectivity index (χ3n) is 2.02. The van der Waals surface area contributed by atoms with Crippen LogP contribution in [0.3, 0.4) is 0 Å². The zero-order chi connectivity index (χ0) is 12.7. The number of carbonyl (C=O) groups excluding carboxylic acids is 2. The van der Waals surface area contributed by atoms with Crippen LogP contribution in [0.5, 0.6) is 5.75 Å². The normalized spacial score (nSPS) is 9.29. The summed E-state index contributed by atoms with van der Waals surface area (Å²) in [6.45, 7) is -0.0632. The molecule has 0 fully saturated rings. The number of likely N-dealkylation sites (N-methyl/N-ethyl adjacent to an activating group) is 1. The summed E-state index contributed by atoms with van der Waals surface area (Å²) >= 11 is 0. The molecule has 0 saturated heterocycles. The smallest absolute Gasteiger partial charge is 0.319 e. The molecule has 6 heteroatoms. The Kier molecular flexibility index (Phi) is 4.80. The lowest BCUT2D eigenvalue weighted by Crippen LogP contribution is -2.37. The minimum atomic E-state index is -0.443. The summed E-state index contributed by atoms with van der Waals surface area (Å²) in [7, 11) is 3.05. The summed E-state index contributed by atoms with van der Waals surface area (Å²) in [4.78, 5) is 22.3. The van der Waals surface area contributed by atoms with Gasteiger partial charge in [-0.15, -0.1) is 0 Å². The Labute approximate surface area is 99.3 Å². The molecule has 17 heavy (non-hydrogen) atoms. The number of methoxy groups -OCH3 is 1. The number of amides is 3. The molecule has 3 amide bonds. The van der Waals surface area contributed by atoms with Crippen LogP contribution in [0.1, 0.15) is 0 Å². The van der Waals surface area contributed by atoms with Gasteiger partial charge in [-0.3, -0.25) is 4.79 Å². The van der Waals surface area contributed by atoms with Crippen molar-refractivity contribution < 1.29 is 14.3 Å². The van der Waals surface area contributed by atoms with Crippen molar-refractivity contribution in [1.29, 1.82) is 0 Å². The molecule has 0 unspecified atom stereocenters. The highest BCUT2D eigenvalue weighted by molar-refractivity contribution is 5.92. The second-order valence-electron chi connectivity index (χ2n) is 3.21. The van der Waals surface area contributed by atoms with Crippen LogP contribution in [0.4, 0.5) is 10.5 Å². The molecule has 0 aromatic heterocycles. The Morgan fingerprint density at radius 1 is 1.35 bits per heavy atom. The van der Waals surface area contributed by atoms with Gasteiger partial charge in [-0.2, -0.15) is 0 Å². The van der Waals surface area contributed by atoms with Crippen LogP contribution < -0.4 is 20.7 Å². The van der Waals surface area contributed by atoms with Crippen LogP contribution in [0.15, 0.2) is 24.3 Å². The number of urea groups is 1. The lowest BCUT2D eigenvalue weighted by Gasteiger charge is -2.08. The molecule has 3 N–H and O–H groups in total. The number of hydrogen-bond donors (Lipinski definition) is 3. The number of hydrogen-bond acceptors (Lipinski definition) is 3. The van der Waals surface area contributed by atoms with E-state index in [9.17, 15) is 9.59 Å². The van der Waals surface area contributed by atoms with E-state index in [4.69, 9.17) is 4.74 Å². The van der Waals surface area contributed by atoms with Crippen LogP contribution in [0.2, 0.25) is 0 Å². The van der Waals surface area contributed by atoms with Crippen molar-refractivity contribution in [3.8, 4) is 5.75 Å². The number of ether oxygens (including phenoxy) is 1. The van der Waals surface area contributed by atoms with Crippen molar-refractivity contribution in [2.24, 2.45) is 0 Å². The van der Waals surface area contributed by atoms with Crippen molar-refractivity contribution >= 4 is 17.6 Å². The van der Waals surface area contributed by atoms with E-state index < -0.39 is 6.03 Å². The minimum absolute atomic E-state index is 0.0632. The first kappa shape index (κ1) is 12.8. The molecule has 1 rings (SSSR count). The highest BCUT2D eigenvalue weighted by atomic mass is 16.5. The first-order valence-electron chi connectivity index (χ1n) is 5.05. The number of rotatable bonds is 4. The highest BCUT2D eigenvalue weighted by Crippen LogP contribution is 2.16. The zero-order valence-corrected chi connectivity index (χ0v) is 9.74. The molecule has 1 aromatic rings. The maximum Gasteiger partial charge on any atom is 0.319 e. The fraction of sp³-hybridized carbons (Fsp3) is 0.273. The summed E-state index contributed by atoms with van der Waals surface area (Å²) in [6, 6.07) is 6.49. The Hall–Kier alpha value is -2.24. The molecule has 6 nitrogen and oxygen atoms in total. The van der Waals surface area contributed by atoms with Gasteiger partial charge in [0.25, 0.3) is 0 Å². The second kappa shape index (κ2) is 6.37. The summed E-state index contributed by atoms with van der Waals surface area (Å²) < 4.78 is 5.02. The van der Waals surface area contributed by atoms with Gasteiger partial charge in [0.05, 0.1) is 13.7 Å². The monoisotopic (exact) mass is 237 g/mol. The summed E-state index contributed by atoms with van der Waals surface area (Å²) in [5.74, 6) is 0.389. The maximum absolute atomic E-state index is 11.4. The van der Waals surface area contributed by atoms with Crippen LogP contribution in [-0.4, -0.2) is 32.6 Å². The van der Waals surface area contributed by atoms with Gasteiger partial charge in [0.1, 0.15) is 5.75 Å². The van der Waals surface area contributed by atoms with Gasteiger partial charge in [0, 0.05) is 18.8 Å². The fourth-order valence-corrected chi connectivity index (χ4v) is 1.13. The van der Waals surface area contributed by atoms with Crippen molar-refractivity contribution in [1.82, 2.24) is 10.6 Å². The van der Waals surface area contributed by atoms with E-state index in [-0.39, 0.29) is 12.5 Å². The number of carbonyl (C=O) groups is 2. The van der Waals surface area contributed by atoms with Gasteiger partial charge in [-0.25, -0.2) is 4.79 Å². The fourth-order valence-electron chi connectivity index (χ4n) is 1.13. The van der Waals surface area contributed by atoms with Crippen molar-refractivity contribution in [2.75, 3.05) is 26.0 Å². The van der Waals surface area contributed by atoms with Crippen LogP contribution in [-0.2, 0) is 4.79 Å². The van der Waals surface area contributed by atoms with Gasteiger partial charge in [0.15, 0.2) is 0 Å². The SMILES string of the molecule is CNC(=O)CNC(=O)Nc1cccc(OC)c1. The number of anilines is 1. The van der Waals surface area contributed by atoms with Gasteiger partial charge < -0.3 is 20.7 Å². The van der Waals surface area contributed by atoms with Gasteiger partial charge in [-0.05, 0) is 12.1 Å². The van der Waals surface area contributed by atoms with Crippen molar-refractivity contribution in [2.45, 2.75) is 0 Å². The van der Waals surface area contributed by atoms with Gasteiger partial charge in [-0.1, -0.05) is 6.07 Å². The van der Waals surface area contributed by atoms with Crippen LogP contribution in [0, 0.1) is 0 Å². The highest BCUT2D eigenvalue weighted by Gasteiger charge is 2.04. The van der Waals surface area contributed by atoms with Crippen molar-refractivity contribution in [3.63, 3.8) is 0 Å². The van der Waals surface area contributed by atoms with Gasteiger partial charge >= 0.3 is 6.03 Å². The van der Waals surface area contributed by atoms with Crippen LogP contribution >= 0.6 is 0 Å². The molecule has 0 bridgehead atoms. The zero-order valence-electron chi connectivity index (χ0n) is 9.74. The third-order valence-corrected chi connectivity index (χ3v) is 2.02. The molecule has 0 spiro atoms. The summed E-state index contributed by atoms with van der Waals surface area (Å²) in [6.07, 6.45) is 0. The summed E-state index contributed by atoms with van der Waals surface area (Å²) in [5.41, 5.74) is 0.596. The minimum Gasteiger partial charge on any atom is -0.497 e. The van der Waals surface area contributed by atoms with E-state index in [1.54, 1.807) is 31.4 Å². The average molecular weight is 237 g/mol. The quantitative estimate of drug-likeness (QED) is 0.716. The molecule has 0 aliphatic rings. The standard InChI is InChI=1S/C11H15N3O3/c1-12-10(15)7-13-11(16)14-8-4-3-5-9(6-8)17-2/h3-6H,7H2,1-2H3,(H,12,15)(H2,13,14,16). The Morgan fingerprint density at radius 3 is 2.76 bits per heavy atom. The molecule has 0 radical (unpaired) electrons. The Bertz CT molecular complexity index is 407. The Balaban J connectivity index is 2.47. The summed E-state index contributed by atoms with van der Waals surface area (Å²) in [5, 5.41) is 7.40. The molecule has 1 aromatic carbocycles. The molecule has 0 aliphatic carbocycles. The van der Waals surface area contributed by atoms with Crippen LogP contribution in [0.25, 0.3) is 0 Å². The molecular formula is C11H15N3O3. The van der Waals surface area contributed by atoms with E-state index in [0.29, 0.717) is 11.4 Å². The molecule has 92 valence electrons. The second-order valence-corrected chi connectivity index (χ2v) is 3.21. The first-order chi connectivity index (χ1) is 8.15. The van der Waals surface area contributed by atoms with E-state index in [2.05, 4.69) is 16.0 Å². The van der Waals surface area contributed by atoms with E-state index in [0.717, 1.165) is 0 Å². The van der Waals surface area contributed by atoms with E-state index >= 15 is 0 Å². The first-order valence-corrected chi connectivity index (χ1v) is 5.05. The lowest BCUT2D eigenvalue weighted by molar-refractivity contribution is -0.119. The van der Waals surface area contributed by atoms with Crippen molar-refractivity contribution in [3.05, 3.63) is 24.3 Å². The van der Waals surface area contributed by atoms with E-state index in [1.807, 2.05) is 0 Å².